The molecule has 2 aromatic rings. The number of hydrogen-bond donors (Lipinski definition) is 1. The quantitative estimate of drug-likeness (QED) is 0.875. The van der Waals surface area contributed by atoms with Crippen LogP contribution in [-0.2, 0) is 20.7 Å². The van der Waals surface area contributed by atoms with Crippen molar-refractivity contribution in [3.05, 3.63) is 54.4 Å². The van der Waals surface area contributed by atoms with Gasteiger partial charge in [0, 0.05) is 31.3 Å². The summed E-state index contributed by atoms with van der Waals surface area (Å²) >= 11 is 0. The van der Waals surface area contributed by atoms with Gasteiger partial charge in [0.05, 0.1) is 13.2 Å². The Morgan fingerprint density at radius 3 is 2.67 bits per heavy atom. The van der Waals surface area contributed by atoms with Crippen LogP contribution in [0.2, 0.25) is 0 Å². The van der Waals surface area contributed by atoms with Gasteiger partial charge in [-0.15, -0.1) is 0 Å². The average Bonchev–Trinajstić information content (AvgIpc) is 3.54. The Labute approximate surface area is 158 Å². The molecule has 1 atom stereocenters. The Kier molecular flexibility index (Phi) is 4.66. The van der Waals surface area contributed by atoms with Crippen LogP contribution in [0, 0.1) is 5.92 Å². The molecule has 0 unspecified atom stereocenters. The zero-order chi connectivity index (χ0) is 18.9. The number of ether oxygens (including phenoxy) is 1. The number of aromatic nitrogens is 1. The van der Waals surface area contributed by atoms with Crippen molar-refractivity contribution in [1.82, 2.24) is 9.88 Å². The Bertz CT molecular complexity index is 851. The normalized spacial score (nSPS) is 22.4. The molecule has 1 aliphatic carbocycles. The molecule has 1 aliphatic heterocycles. The smallest absolute Gasteiger partial charge is 0.251 e. The summed E-state index contributed by atoms with van der Waals surface area (Å²) in [4.78, 5) is 30.6. The zero-order valence-corrected chi connectivity index (χ0v) is 15.1. The van der Waals surface area contributed by atoms with Gasteiger partial charge < -0.3 is 15.4 Å². The van der Waals surface area contributed by atoms with Crippen molar-refractivity contribution in [2.45, 2.75) is 24.9 Å². The number of rotatable bonds is 5. The second kappa shape index (κ2) is 7.12. The maximum atomic E-state index is 12.5. The minimum Gasteiger partial charge on any atom is -0.367 e. The molecule has 2 heterocycles. The van der Waals surface area contributed by atoms with Crippen LogP contribution in [0.15, 0.2) is 48.8 Å². The molecule has 27 heavy (non-hydrogen) atoms. The van der Waals surface area contributed by atoms with Crippen molar-refractivity contribution in [3.8, 4) is 11.1 Å². The Morgan fingerprint density at radius 2 is 1.96 bits per heavy atom. The number of pyridine rings is 1. The van der Waals surface area contributed by atoms with Gasteiger partial charge in [0.25, 0.3) is 5.91 Å². The van der Waals surface area contributed by atoms with Gasteiger partial charge >= 0.3 is 0 Å². The molecule has 2 fully saturated rings. The van der Waals surface area contributed by atoms with E-state index in [1.54, 1.807) is 17.3 Å². The second-order valence-corrected chi connectivity index (χ2v) is 7.35. The number of carbonyl (C=O) groups is 2. The molecular weight excluding hydrogens is 342 g/mol. The highest BCUT2D eigenvalue weighted by atomic mass is 16.5. The fourth-order valence-corrected chi connectivity index (χ4v) is 3.64. The third kappa shape index (κ3) is 3.71. The van der Waals surface area contributed by atoms with Gasteiger partial charge in [0.1, 0.15) is 0 Å². The maximum Gasteiger partial charge on any atom is 0.251 e. The van der Waals surface area contributed by atoms with E-state index in [1.807, 2.05) is 36.4 Å². The van der Waals surface area contributed by atoms with Crippen molar-refractivity contribution >= 4 is 11.8 Å². The van der Waals surface area contributed by atoms with Crippen LogP contribution in [0.5, 0.6) is 0 Å². The predicted molar refractivity (Wildman–Crippen MR) is 101 cm³/mol. The lowest BCUT2D eigenvalue weighted by atomic mass is 9.90. The molecule has 0 spiro atoms. The summed E-state index contributed by atoms with van der Waals surface area (Å²) in [5.41, 5.74) is 7.60. The molecule has 2 amide bonds. The Hall–Kier alpha value is -2.73. The van der Waals surface area contributed by atoms with Crippen LogP contribution in [0.25, 0.3) is 11.1 Å². The van der Waals surface area contributed by atoms with E-state index >= 15 is 0 Å². The SMILES string of the molecule is NC(=O)[C@@]1(Cc2cccc(-c3ccncc3)c2)CN(C(=O)C2CC2)CCO1. The topological polar surface area (TPSA) is 85.5 Å². The summed E-state index contributed by atoms with van der Waals surface area (Å²) < 4.78 is 5.88. The van der Waals surface area contributed by atoms with E-state index in [4.69, 9.17) is 10.5 Å². The molecule has 1 saturated carbocycles. The largest absolute Gasteiger partial charge is 0.367 e. The maximum absolute atomic E-state index is 12.5. The van der Waals surface area contributed by atoms with Crippen LogP contribution < -0.4 is 5.73 Å². The first-order valence-corrected chi connectivity index (χ1v) is 9.29. The number of hydrogen-bond acceptors (Lipinski definition) is 4. The molecule has 4 rings (SSSR count). The number of primary amides is 1. The highest BCUT2D eigenvalue weighted by Gasteiger charge is 2.45. The molecule has 2 aliphatic rings. The molecule has 6 heteroatoms. The Balaban J connectivity index is 1.58. The Morgan fingerprint density at radius 1 is 1.19 bits per heavy atom. The van der Waals surface area contributed by atoms with Gasteiger partial charge in [-0.2, -0.15) is 0 Å². The summed E-state index contributed by atoms with van der Waals surface area (Å²) in [7, 11) is 0. The first-order chi connectivity index (χ1) is 13.1. The van der Waals surface area contributed by atoms with Crippen LogP contribution in [-0.4, -0.2) is 47.0 Å². The van der Waals surface area contributed by atoms with Crippen molar-refractivity contribution in [2.24, 2.45) is 11.7 Å². The summed E-state index contributed by atoms with van der Waals surface area (Å²) in [6.07, 6.45) is 5.72. The van der Waals surface area contributed by atoms with E-state index in [0.717, 1.165) is 29.5 Å². The lowest BCUT2D eigenvalue weighted by molar-refractivity contribution is -0.164. The monoisotopic (exact) mass is 365 g/mol. The molecule has 0 radical (unpaired) electrons. The van der Waals surface area contributed by atoms with Gasteiger partial charge in [0.2, 0.25) is 5.91 Å². The highest BCUT2D eigenvalue weighted by molar-refractivity contribution is 5.87. The first kappa shape index (κ1) is 17.7. The van der Waals surface area contributed by atoms with Gasteiger partial charge in [-0.1, -0.05) is 24.3 Å². The number of nitrogens with zero attached hydrogens (tertiary/aromatic N) is 2. The van der Waals surface area contributed by atoms with E-state index < -0.39 is 11.5 Å². The van der Waals surface area contributed by atoms with Crippen molar-refractivity contribution in [3.63, 3.8) is 0 Å². The molecular formula is C21H23N3O3. The number of nitrogens with two attached hydrogens (primary N) is 1. The van der Waals surface area contributed by atoms with E-state index in [0.29, 0.717) is 19.6 Å². The lowest BCUT2D eigenvalue weighted by Gasteiger charge is -2.41. The molecule has 0 bridgehead atoms. The molecule has 6 nitrogen and oxygen atoms in total. The van der Waals surface area contributed by atoms with E-state index in [9.17, 15) is 9.59 Å². The predicted octanol–water partition coefficient (Wildman–Crippen LogP) is 1.78. The lowest BCUT2D eigenvalue weighted by Crippen LogP contribution is -2.61. The third-order valence-corrected chi connectivity index (χ3v) is 5.30. The molecule has 2 N–H and O–H groups in total. The molecule has 140 valence electrons. The zero-order valence-electron chi connectivity index (χ0n) is 15.1. The van der Waals surface area contributed by atoms with Crippen LogP contribution in [0.1, 0.15) is 18.4 Å². The van der Waals surface area contributed by atoms with Crippen molar-refractivity contribution in [1.29, 1.82) is 0 Å². The number of benzene rings is 1. The van der Waals surface area contributed by atoms with Gasteiger partial charge in [-0.25, -0.2) is 0 Å². The van der Waals surface area contributed by atoms with Crippen molar-refractivity contribution in [2.75, 3.05) is 19.7 Å². The second-order valence-electron chi connectivity index (χ2n) is 7.35. The fraction of sp³-hybridized carbons (Fsp3) is 0.381. The number of amides is 2. The minimum atomic E-state index is -1.18. The average molecular weight is 365 g/mol. The number of morpholine rings is 1. The molecule has 1 saturated heterocycles. The van der Waals surface area contributed by atoms with Crippen molar-refractivity contribution < 1.29 is 14.3 Å². The summed E-state index contributed by atoms with van der Waals surface area (Å²) in [6.45, 7) is 1.06. The highest BCUT2D eigenvalue weighted by Crippen LogP contribution is 2.33. The third-order valence-electron chi connectivity index (χ3n) is 5.30. The summed E-state index contributed by atoms with van der Waals surface area (Å²) in [5.74, 6) is -0.289. The fourth-order valence-electron chi connectivity index (χ4n) is 3.64. The molecule has 1 aromatic heterocycles. The van der Waals surface area contributed by atoms with Crippen LogP contribution in [0.4, 0.5) is 0 Å². The summed E-state index contributed by atoms with van der Waals surface area (Å²) in [5, 5.41) is 0. The van der Waals surface area contributed by atoms with Gasteiger partial charge in [-0.3, -0.25) is 14.6 Å². The standard InChI is InChI=1S/C21H23N3O3/c22-20(26)21(14-24(10-11-27-21)19(25)17-4-5-17)13-15-2-1-3-18(12-15)16-6-8-23-9-7-16/h1-3,6-9,12,17H,4-5,10-11,13-14H2,(H2,22,26)/t21-/m1/s1. The summed E-state index contributed by atoms with van der Waals surface area (Å²) in [6, 6.07) is 11.8. The first-order valence-electron chi connectivity index (χ1n) is 9.29. The minimum absolute atomic E-state index is 0.115. The van der Waals surface area contributed by atoms with E-state index in [-0.39, 0.29) is 18.4 Å². The van der Waals surface area contributed by atoms with E-state index in [1.165, 1.54) is 0 Å². The van der Waals surface area contributed by atoms with Crippen LogP contribution >= 0.6 is 0 Å². The van der Waals surface area contributed by atoms with Gasteiger partial charge in [0.15, 0.2) is 5.60 Å². The van der Waals surface area contributed by atoms with Gasteiger partial charge in [-0.05, 0) is 41.7 Å². The molecule has 1 aromatic carbocycles. The number of carbonyl (C=O) groups excluding carboxylic acids is 2. The van der Waals surface area contributed by atoms with Crippen LogP contribution in [0.3, 0.4) is 0 Å². The van der Waals surface area contributed by atoms with E-state index in [2.05, 4.69) is 4.98 Å².